The lowest BCUT2D eigenvalue weighted by atomic mass is 9.77. The quantitative estimate of drug-likeness (QED) is 0.741. The molecule has 1 spiro atoms. The van der Waals surface area contributed by atoms with E-state index in [1.807, 2.05) is 24.9 Å². The molecule has 0 unspecified atom stereocenters. The number of nitrogens with zero attached hydrogens (tertiary/aromatic N) is 3. The largest absolute Gasteiger partial charge is 0.380 e. The van der Waals surface area contributed by atoms with Gasteiger partial charge in [-0.2, -0.15) is 5.10 Å². The molecule has 1 amide bonds. The number of rotatable bonds is 2. The summed E-state index contributed by atoms with van der Waals surface area (Å²) in [4.78, 5) is 14.4. The molecule has 0 N–H and O–H groups in total. The van der Waals surface area contributed by atoms with Crippen LogP contribution in [0.3, 0.4) is 0 Å². The van der Waals surface area contributed by atoms with E-state index in [2.05, 4.69) is 27.7 Å². The number of ether oxygens (including phenoxy) is 1. The molecule has 3 rings (SSSR count). The van der Waals surface area contributed by atoms with Gasteiger partial charge in [-0.3, -0.25) is 9.48 Å². The second-order valence-electron chi connectivity index (χ2n) is 5.82. The van der Waals surface area contributed by atoms with Crippen molar-refractivity contribution >= 4 is 28.5 Å². The first kappa shape index (κ1) is 12.4. The smallest absolute Gasteiger partial charge is 0.250 e. The van der Waals surface area contributed by atoms with Gasteiger partial charge in [-0.25, -0.2) is 0 Å². The number of likely N-dealkylation sites (tertiary alicyclic amines) is 1. The van der Waals surface area contributed by atoms with Crippen LogP contribution in [0.25, 0.3) is 0 Å². The molecule has 0 bridgehead atoms. The molecule has 18 heavy (non-hydrogen) atoms. The zero-order valence-corrected chi connectivity index (χ0v) is 12.7. The highest BCUT2D eigenvalue weighted by Crippen LogP contribution is 2.39. The van der Waals surface area contributed by atoms with Crippen LogP contribution in [-0.2, 0) is 15.1 Å². The Morgan fingerprint density at radius 3 is 2.61 bits per heavy atom. The second kappa shape index (κ2) is 3.93. The molecule has 0 aromatic carbocycles. The lowest BCUT2D eigenvalue weighted by Crippen LogP contribution is -2.69. The molecule has 0 saturated carbocycles. The van der Waals surface area contributed by atoms with Gasteiger partial charge in [-0.1, -0.05) is 0 Å². The van der Waals surface area contributed by atoms with Crippen molar-refractivity contribution in [2.75, 3.05) is 26.3 Å². The Bertz CT molecular complexity index is 485. The number of carbonyl (C=O) groups is 1. The molecule has 3 heterocycles. The monoisotopic (exact) mass is 361 g/mol. The van der Waals surface area contributed by atoms with Crippen molar-refractivity contribution in [3.05, 3.63) is 16.0 Å². The molecule has 98 valence electrons. The summed E-state index contributed by atoms with van der Waals surface area (Å²) in [6, 6.07) is 0. The fourth-order valence-corrected chi connectivity index (χ4v) is 2.96. The number of aromatic nitrogens is 2. The lowest BCUT2D eigenvalue weighted by Gasteiger charge is -2.56. The van der Waals surface area contributed by atoms with Crippen molar-refractivity contribution in [1.82, 2.24) is 14.7 Å². The maximum Gasteiger partial charge on any atom is 0.250 e. The third kappa shape index (κ3) is 1.77. The molecular formula is C12H16IN3O2. The summed E-state index contributed by atoms with van der Waals surface area (Å²) in [5.41, 5.74) is -0.347. The van der Waals surface area contributed by atoms with Gasteiger partial charge in [0, 0.05) is 19.3 Å². The van der Waals surface area contributed by atoms with Crippen LogP contribution in [0.4, 0.5) is 0 Å². The Kier molecular flexibility index (Phi) is 2.71. The summed E-state index contributed by atoms with van der Waals surface area (Å²) in [5, 5.41) is 4.26. The van der Waals surface area contributed by atoms with E-state index in [9.17, 15) is 4.79 Å². The minimum absolute atomic E-state index is 0.138. The molecule has 2 fully saturated rings. The third-order valence-corrected chi connectivity index (χ3v) is 4.36. The number of hydrogen-bond donors (Lipinski definition) is 0. The first-order chi connectivity index (χ1) is 8.43. The van der Waals surface area contributed by atoms with Gasteiger partial charge in [0.1, 0.15) is 5.54 Å². The zero-order valence-electron chi connectivity index (χ0n) is 10.5. The number of carbonyl (C=O) groups excluding carboxylic acids is 1. The van der Waals surface area contributed by atoms with Crippen molar-refractivity contribution in [1.29, 1.82) is 0 Å². The molecule has 2 saturated heterocycles. The Morgan fingerprint density at radius 2 is 2.17 bits per heavy atom. The number of hydrogen-bond acceptors (Lipinski definition) is 3. The topological polar surface area (TPSA) is 47.4 Å². The van der Waals surface area contributed by atoms with Crippen molar-refractivity contribution < 1.29 is 9.53 Å². The molecule has 1 aromatic heterocycles. The minimum Gasteiger partial charge on any atom is -0.380 e. The van der Waals surface area contributed by atoms with E-state index >= 15 is 0 Å². The summed E-state index contributed by atoms with van der Waals surface area (Å²) in [7, 11) is 0. The van der Waals surface area contributed by atoms with Crippen LogP contribution in [0.5, 0.6) is 0 Å². The molecule has 1 aromatic rings. The van der Waals surface area contributed by atoms with Gasteiger partial charge < -0.3 is 9.64 Å². The van der Waals surface area contributed by atoms with Gasteiger partial charge >= 0.3 is 0 Å². The van der Waals surface area contributed by atoms with E-state index in [0.29, 0.717) is 0 Å². The Labute approximate surface area is 120 Å². The molecule has 6 heteroatoms. The van der Waals surface area contributed by atoms with Crippen molar-refractivity contribution in [3.8, 4) is 0 Å². The lowest BCUT2D eigenvalue weighted by molar-refractivity contribution is -0.199. The van der Waals surface area contributed by atoms with Gasteiger partial charge in [-0.05, 0) is 36.4 Å². The zero-order chi connectivity index (χ0) is 13.0. The van der Waals surface area contributed by atoms with Crippen LogP contribution in [0.1, 0.15) is 13.8 Å². The Balaban J connectivity index is 1.72. The number of halogens is 1. The Hall–Kier alpha value is -0.630. The molecule has 0 radical (unpaired) electrons. The molecule has 2 aliphatic rings. The number of amides is 1. The first-order valence-electron chi connectivity index (χ1n) is 6.01. The minimum atomic E-state index is -0.615. The van der Waals surface area contributed by atoms with E-state index in [0.717, 1.165) is 29.9 Å². The van der Waals surface area contributed by atoms with Crippen LogP contribution in [-0.4, -0.2) is 46.9 Å². The highest BCUT2D eigenvalue weighted by Gasteiger charge is 2.53. The maximum absolute atomic E-state index is 12.5. The van der Waals surface area contributed by atoms with Crippen molar-refractivity contribution in [2.24, 2.45) is 5.41 Å². The molecular weight excluding hydrogens is 345 g/mol. The summed E-state index contributed by atoms with van der Waals surface area (Å²) < 4.78 is 8.02. The summed E-state index contributed by atoms with van der Waals surface area (Å²) in [6.07, 6.45) is 3.67. The average Bonchev–Trinajstić information content (AvgIpc) is 2.60. The van der Waals surface area contributed by atoms with Crippen LogP contribution in [0.15, 0.2) is 12.4 Å². The highest BCUT2D eigenvalue weighted by molar-refractivity contribution is 14.1. The van der Waals surface area contributed by atoms with Gasteiger partial charge in [0.2, 0.25) is 5.91 Å². The SMILES string of the molecule is CC(C)(C(=O)N1CC2(COC2)C1)n1cc(I)cn1. The van der Waals surface area contributed by atoms with Crippen LogP contribution >= 0.6 is 22.6 Å². The van der Waals surface area contributed by atoms with E-state index in [4.69, 9.17) is 4.74 Å². The molecule has 0 aliphatic carbocycles. The normalized spacial score (nSPS) is 21.6. The van der Waals surface area contributed by atoms with Crippen LogP contribution < -0.4 is 0 Å². The summed E-state index contributed by atoms with van der Waals surface area (Å²) in [5.74, 6) is 0.138. The summed E-state index contributed by atoms with van der Waals surface area (Å²) >= 11 is 2.20. The molecule has 2 aliphatic heterocycles. The van der Waals surface area contributed by atoms with E-state index in [1.165, 1.54) is 0 Å². The van der Waals surface area contributed by atoms with Gasteiger partial charge in [0.25, 0.3) is 0 Å². The van der Waals surface area contributed by atoms with Crippen LogP contribution in [0, 0.1) is 8.99 Å². The molecule has 5 nitrogen and oxygen atoms in total. The summed E-state index contributed by atoms with van der Waals surface area (Å²) in [6.45, 7) is 7.09. The standard InChI is InChI=1S/C12H16IN3O2/c1-11(2,16-4-9(13)3-14-16)10(17)15-5-12(6-15)7-18-8-12/h3-4H,5-8H2,1-2H3. The van der Waals surface area contributed by atoms with Crippen molar-refractivity contribution in [3.63, 3.8) is 0 Å². The van der Waals surface area contributed by atoms with Gasteiger partial charge in [0.05, 0.1) is 28.4 Å². The van der Waals surface area contributed by atoms with Gasteiger partial charge in [-0.15, -0.1) is 0 Å². The van der Waals surface area contributed by atoms with Crippen molar-refractivity contribution in [2.45, 2.75) is 19.4 Å². The van der Waals surface area contributed by atoms with Crippen LogP contribution in [0.2, 0.25) is 0 Å². The predicted octanol–water partition coefficient (Wildman–Crippen LogP) is 1.08. The van der Waals surface area contributed by atoms with E-state index in [-0.39, 0.29) is 11.3 Å². The third-order valence-electron chi connectivity index (χ3n) is 3.80. The fraction of sp³-hybridized carbons (Fsp3) is 0.667. The van der Waals surface area contributed by atoms with E-state index < -0.39 is 5.54 Å². The van der Waals surface area contributed by atoms with Gasteiger partial charge in [0.15, 0.2) is 0 Å². The highest BCUT2D eigenvalue weighted by atomic mass is 127. The molecule has 0 atom stereocenters. The Morgan fingerprint density at radius 1 is 1.50 bits per heavy atom. The van der Waals surface area contributed by atoms with E-state index in [1.54, 1.807) is 10.9 Å². The maximum atomic E-state index is 12.5. The average molecular weight is 361 g/mol. The fourth-order valence-electron chi connectivity index (χ4n) is 2.57. The predicted molar refractivity (Wildman–Crippen MR) is 74.1 cm³/mol. The first-order valence-corrected chi connectivity index (χ1v) is 7.09. The second-order valence-corrected chi connectivity index (χ2v) is 7.06.